The van der Waals surface area contributed by atoms with Crippen LogP contribution < -0.4 is 21.3 Å². The quantitative estimate of drug-likeness (QED) is 0.267. The van der Waals surface area contributed by atoms with Crippen molar-refractivity contribution in [3.63, 3.8) is 0 Å². The van der Waals surface area contributed by atoms with Gasteiger partial charge in [0, 0.05) is 68.6 Å². The summed E-state index contributed by atoms with van der Waals surface area (Å²) < 4.78 is 7.30. The SMILES string of the molecule is CN(C)c1ccc(NC(=O)Nc2cccc(C#Cc3cnc(N)nc3-c3cc4c(n3C)CCN(C(=O)OC(C)(C)C)C4=O)c2)cc1. The molecule has 0 unspecified atom stereocenters. The van der Waals surface area contributed by atoms with E-state index in [1.165, 1.54) is 6.20 Å². The molecular formula is C34H36N8O4. The van der Waals surface area contributed by atoms with E-state index in [-0.39, 0.29) is 18.5 Å². The summed E-state index contributed by atoms with van der Waals surface area (Å²) in [5, 5.41) is 5.66. The van der Waals surface area contributed by atoms with Crippen molar-refractivity contribution in [3.05, 3.63) is 83.2 Å². The third kappa shape index (κ3) is 7.10. The number of amides is 4. The average molecular weight is 621 g/mol. The normalized spacial score (nSPS) is 12.5. The molecule has 4 aromatic rings. The maximum atomic E-state index is 13.3. The third-order valence-electron chi connectivity index (χ3n) is 7.17. The van der Waals surface area contributed by atoms with Crippen molar-refractivity contribution >= 4 is 41.0 Å². The van der Waals surface area contributed by atoms with Gasteiger partial charge in [0.15, 0.2) is 0 Å². The van der Waals surface area contributed by atoms with Gasteiger partial charge in [-0.15, -0.1) is 0 Å². The minimum Gasteiger partial charge on any atom is -0.443 e. The van der Waals surface area contributed by atoms with Gasteiger partial charge in [-0.25, -0.2) is 24.5 Å². The Morgan fingerprint density at radius 3 is 2.43 bits per heavy atom. The standard InChI is InChI=1S/C34H36N8O4/c1-34(2,3)46-33(45)42-17-16-27-26(30(42)43)19-28(41(27)6)29-22(20-36-31(35)39-29)11-10-21-8-7-9-24(18-21)38-32(44)37-23-12-14-25(15-13-23)40(4)5/h7-9,12-15,18-20H,16-17H2,1-6H3,(H2,35,36,39)(H2,37,38,44). The zero-order chi connectivity index (χ0) is 33.2. The maximum absolute atomic E-state index is 13.3. The number of aromatic nitrogens is 3. The van der Waals surface area contributed by atoms with Crippen LogP contribution in [0.5, 0.6) is 0 Å². The van der Waals surface area contributed by atoms with E-state index in [1.54, 1.807) is 45.0 Å². The van der Waals surface area contributed by atoms with Crippen molar-refractivity contribution in [1.82, 2.24) is 19.4 Å². The predicted octanol–water partition coefficient (Wildman–Crippen LogP) is 5.11. The molecule has 0 aliphatic carbocycles. The van der Waals surface area contributed by atoms with Crippen molar-refractivity contribution < 1.29 is 19.1 Å². The lowest BCUT2D eigenvalue weighted by atomic mass is 10.1. The molecule has 46 heavy (non-hydrogen) atoms. The van der Waals surface area contributed by atoms with Gasteiger partial charge in [0.25, 0.3) is 5.91 Å². The van der Waals surface area contributed by atoms with E-state index in [2.05, 4.69) is 32.4 Å². The summed E-state index contributed by atoms with van der Waals surface area (Å²) in [5.74, 6) is 5.84. The molecule has 0 saturated carbocycles. The first-order chi connectivity index (χ1) is 21.8. The van der Waals surface area contributed by atoms with E-state index in [4.69, 9.17) is 10.5 Å². The number of nitrogens with one attached hydrogen (secondary N) is 2. The number of hydrogen-bond donors (Lipinski definition) is 3. The van der Waals surface area contributed by atoms with Gasteiger partial charge < -0.3 is 30.6 Å². The molecule has 5 rings (SSSR count). The average Bonchev–Trinajstić information content (AvgIpc) is 3.33. The second-order valence-electron chi connectivity index (χ2n) is 12.0. The molecule has 0 spiro atoms. The first kappa shape index (κ1) is 31.6. The van der Waals surface area contributed by atoms with Crippen LogP contribution in [0.3, 0.4) is 0 Å². The van der Waals surface area contributed by atoms with Crippen LogP contribution in [0.2, 0.25) is 0 Å². The molecule has 3 heterocycles. The molecule has 0 bridgehead atoms. The van der Waals surface area contributed by atoms with Gasteiger partial charge in [0.05, 0.1) is 16.8 Å². The Bertz CT molecular complexity index is 1880. The molecule has 0 saturated heterocycles. The Morgan fingerprint density at radius 1 is 1.02 bits per heavy atom. The summed E-state index contributed by atoms with van der Waals surface area (Å²) in [6, 6.07) is 15.9. The van der Waals surface area contributed by atoms with Gasteiger partial charge in [0.1, 0.15) is 11.3 Å². The van der Waals surface area contributed by atoms with Gasteiger partial charge in [-0.1, -0.05) is 17.9 Å². The lowest BCUT2D eigenvalue weighted by molar-refractivity contribution is 0.0232. The molecule has 0 radical (unpaired) electrons. The van der Waals surface area contributed by atoms with E-state index < -0.39 is 17.6 Å². The number of nitrogens with zero attached hydrogens (tertiary/aromatic N) is 5. The minimum absolute atomic E-state index is 0.0509. The number of carbonyl (C=O) groups excluding carboxylic acids is 3. The Balaban J connectivity index is 1.36. The van der Waals surface area contributed by atoms with Crippen molar-refractivity contribution in [2.75, 3.05) is 41.9 Å². The molecule has 0 fully saturated rings. The molecule has 12 nitrogen and oxygen atoms in total. The lowest BCUT2D eigenvalue weighted by Gasteiger charge is -2.28. The number of nitrogen functional groups attached to an aromatic ring is 1. The molecule has 2 aromatic heterocycles. The Morgan fingerprint density at radius 2 is 1.74 bits per heavy atom. The summed E-state index contributed by atoms with van der Waals surface area (Å²) in [6.07, 6.45) is 1.30. The Labute approximate surface area is 267 Å². The zero-order valence-corrected chi connectivity index (χ0v) is 26.6. The van der Waals surface area contributed by atoms with Crippen LogP contribution in [-0.4, -0.2) is 63.7 Å². The number of rotatable bonds is 4. The number of benzene rings is 2. The molecular weight excluding hydrogens is 584 g/mol. The summed E-state index contributed by atoms with van der Waals surface area (Å²) in [4.78, 5) is 50.4. The number of ether oxygens (including phenoxy) is 1. The largest absolute Gasteiger partial charge is 0.443 e. The van der Waals surface area contributed by atoms with Gasteiger partial charge in [-0.05, 0) is 69.3 Å². The number of fused-ring (bicyclic) bond motifs is 1. The molecule has 1 aliphatic rings. The number of imide groups is 1. The highest BCUT2D eigenvalue weighted by Crippen LogP contribution is 2.31. The highest BCUT2D eigenvalue weighted by Gasteiger charge is 2.35. The summed E-state index contributed by atoms with van der Waals surface area (Å²) >= 11 is 0. The van der Waals surface area contributed by atoms with Crippen molar-refractivity contribution in [1.29, 1.82) is 0 Å². The zero-order valence-electron chi connectivity index (χ0n) is 26.6. The van der Waals surface area contributed by atoms with Crippen molar-refractivity contribution in [2.45, 2.75) is 32.8 Å². The van der Waals surface area contributed by atoms with E-state index in [1.807, 2.05) is 60.9 Å². The second-order valence-corrected chi connectivity index (χ2v) is 12.0. The van der Waals surface area contributed by atoms with Crippen LogP contribution in [0, 0.1) is 11.8 Å². The molecule has 1 aliphatic heterocycles. The minimum atomic E-state index is -0.730. The predicted molar refractivity (Wildman–Crippen MR) is 178 cm³/mol. The number of hydrogen-bond acceptors (Lipinski definition) is 8. The first-order valence-corrected chi connectivity index (χ1v) is 14.6. The van der Waals surface area contributed by atoms with Crippen molar-refractivity contribution in [3.8, 4) is 23.2 Å². The fourth-order valence-corrected chi connectivity index (χ4v) is 4.95. The monoisotopic (exact) mass is 620 g/mol. The molecule has 0 atom stereocenters. The van der Waals surface area contributed by atoms with Crippen LogP contribution in [0.15, 0.2) is 60.8 Å². The van der Waals surface area contributed by atoms with Gasteiger partial charge >= 0.3 is 12.1 Å². The number of urea groups is 1. The molecule has 236 valence electrons. The topological polar surface area (TPSA) is 148 Å². The first-order valence-electron chi connectivity index (χ1n) is 14.6. The highest BCUT2D eigenvalue weighted by molar-refractivity contribution is 6.05. The van der Waals surface area contributed by atoms with Crippen LogP contribution in [0.1, 0.15) is 48.0 Å². The van der Waals surface area contributed by atoms with Crippen LogP contribution in [0.25, 0.3) is 11.4 Å². The van der Waals surface area contributed by atoms with E-state index in [0.717, 1.165) is 16.3 Å². The third-order valence-corrected chi connectivity index (χ3v) is 7.17. The number of nitrogens with two attached hydrogens (primary N) is 1. The highest BCUT2D eigenvalue weighted by atomic mass is 16.6. The van der Waals surface area contributed by atoms with Crippen LogP contribution in [-0.2, 0) is 18.2 Å². The number of carbonyl (C=O) groups is 3. The van der Waals surface area contributed by atoms with Gasteiger partial charge in [-0.2, -0.15) is 0 Å². The Kier molecular flexibility index (Phi) is 8.69. The van der Waals surface area contributed by atoms with E-state index in [0.29, 0.717) is 45.9 Å². The van der Waals surface area contributed by atoms with Crippen molar-refractivity contribution in [2.24, 2.45) is 7.05 Å². The van der Waals surface area contributed by atoms with Gasteiger partial charge in [0.2, 0.25) is 5.95 Å². The fourth-order valence-electron chi connectivity index (χ4n) is 4.95. The lowest BCUT2D eigenvalue weighted by Crippen LogP contribution is -2.44. The number of anilines is 4. The summed E-state index contributed by atoms with van der Waals surface area (Å²) in [5.41, 5.74) is 10.8. The van der Waals surface area contributed by atoms with Crippen LogP contribution >= 0.6 is 0 Å². The Hall–Kier alpha value is -5.83. The molecule has 12 heteroatoms. The smallest absolute Gasteiger partial charge is 0.417 e. The summed E-state index contributed by atoms with van der Waals surface area (Å²) in [6.45, 7) is 5.46. The summed E-state index contributed by atoms with van der Waals surface area (Å²) in [7, 11) is 5.73. The van der Waals surface area contributed by atoms with Gasteiger partial charge in [-0.3, -0.25) is 4.79 Å². The fraction of sp³-hybridized carbons (Fsp3) is 0.265. The van der Waals surface area contributed by atoms with E-state index >= 15 is 0 Å². The molecule has 4 amide bonds. The van der Waals surface area contributed by atoms with E-state index in [9.17, 15) is 14.4 Å². The second kappa shape index (κ2) is 12.6. The molecule has 4 N–H and O–H groups in total. The maximum Gasteiger partial charge on any atom is 0.417 e. The molecule has 2 aromatic carbocycles. The van der Waals surface area contributed by atoms with Crippen LogP contribution in [0.4, 0.5) is 32.6 Å².